The molecule has 0 N–H and O–H groups in total. The van der Waals surface area contributed by atoms with Gasteiger partial charge in [-0.05, 0) is 24.3 Å². The molecule has 2 aromatic carbocycles. The second-order valence-corrected chi connectivity index (χ2v) is 8.91. The van der Waals surface area contributed by atoms with E-state index in [1.54, 1.807) is 30.2 Å². The first-order valence-corrected chi connectivity index (χ1v) is 12.0. The molecule has 3 aromatic rings. The molecule has 5 nitrogen and oxygen atoms in total. The van der Waals surface area contributed by atoms with Crippen LogP contribution in [-0.4, -0.2) is 54.8 Å². The summed E-state index contributed by atoms with van der Waals surface area (Å²) < 4.78 is 5.22. The van der Waals surface area contributed by atoms with Gasteiger partial charge in [0.1, 0.15) is 10.8 Å². The number of thiazole rings is 1. The van der Waals surface area contributed by atoms with Crippen LogP contribution in [-0.2, 0) is 10.5 Å². The highest BCUT2D eigenvalue weighted by atomic mass is 32.2. The summed E-state index contributed by atoms with van der Waals surface area (Å²) >= 11 is 3.30. The van der Waals surface area contributed by atoms with Crippen LogP contribution in [0.4, 0.5) is 5.69 Å². The van der Waals surface area contributed by atoms with Crippen molar-refractivity contribution in [3.05, 3.63) is 65.7 Å². The number of carbonyl (C=O) groups excluding carboxylic acids is 1. The highest BCUT2D eigenvalue weighted by Crippen LogP contribution is 2.25. The van der Waals surface area contributed by atoms with Crippen LogP contribution >= 0.6 is 23.1 Å². The molecule has 0 aliphatic carbocycles. The van der Waals surface area contributed by atoms with Crippen LogP contribution in [0.15, 0.2) is 60.0 Å². The number of anilines is 1. The molecule has 2 heterocycles. The van der Waals surface area contributed by atoms with E-state index in [2.05, 4.69) is 34.5 Å². The van der Waals surface area contributed by atoms with Gasteiger partial charge in [-0.1, -0.05) is 30.3 Å². The van der Waals surface area contributed by atoms with Gasteiger partial charge in [0.2, 0.25) is 5.91 Å². The zero-order valence-corrected chi connectivity index (χ0v) is 18.6. The summed E-state index contributed by atoms with van der Waals surface area (Å²) in [5, 5.41) is 3.13. The molecule has 1 aromatic heterocycles. The van der Waals surface area contributed by atoms with Crippen molar-refractivity contribution in [1.29, 1.82) is 0 Å². The van der Waals surface area contributed by atoms with Gasteiger partial charge in [0.25, 0.3) is 0 Å². The first-order chi connectivity index (χ1) is 14.7. The van der Waals surface area contributed by atoms with Crippen LogP contribution in [0.2, 0.25) is 0 Å². The Morgan fingerprint density at radius 3 is 2.50 bits per heavy atom. The minimum Gasteiger partial charge on any atom is -0.497 e. The number of ether oxygens (including phenoxy) is 1. The molecule has 30 heavy (non-hydrogen) atoms. The largest absolute Gasteiger partial charge is 0.497 e. The van der Waals surface area contributed by atoms with E-state index in [1.165, 1.54) is 5.69 Å². The minimum absolute atomic E-state index is 0.216. The Balaban J connectivity index is 1.21. The minimum atomic E-state index is 0.216. The van der Waals surface area contributed by atoms with Gasteiger partial charge >= 0.3 is 0 Å². The molecule has 156 valence electrons. The third kappa shape index (κ3) is 5.15. The SMILES string of the molecule is COc1ccc(N2CCN(C(=O)CSCc3csc(-c4ccccc4)n3)CC2)cc1. The molecule has 0 bridgehead atoms. The third-order valence-electron chi connectivity index (χ3n) is 5.12. The third-order valence-corrected chi connectivity index (χ3v) is 7.01. The molecule has 1 aliphatic rings. The Morgan fingerprint density at radius 2 is 1.80 bits per heavy atom. The van der Waals surface area contributed by atoms with E-state index in [0.717, 1.165) is 53.9 Å². The molecule has 1 amide bonds. The van der Waals surface area contributed by atoms with Crippen LogP contribution in [0, 0.1) is 0 Å². The second kappa shape index (κ2) is 10.00. The molecule has 1 aliphatic heterocycles. The van der Waals surface area contributed by atoms with Crippen LogP contribution in [0.5, 0.6) is 5.75 Å². The Bertz CT molecular complexity index is 952. The lowest BCUT2D eigenvalue weighted by molar-refractivity contribution is -0.128. The lowest BCUT2D eigenvalue weighted by Crippen LogP contribution is -2.49. The molecule has 0 unspecified atom stereocenters. The molecular weight excluding hydrogens is 414 g/mol. The van der Waals surface area contributed by atoms with Gasteiger partial charge in [-0.25, -0.2) is 4.98 Å². The molecule has 0 radical (unpaired) electrons. The number of methoxy groups -OCH3 is 1. The maximum Gasteiger partial charge on any atom is 0.232 e. The Hall–Kier alpha value is -2.51. The molecule has 1 saturated heterocycles. The second-order valence-electron chi connectivity index (χ2n) is 7.07. The first kappa shape index (κ1) is 20.8. The van der Waals surface area contributed by atoms with Gasteiger partial charge in [0.15, 0.2) is 0 Å². The van der Waals surface area contributed by atoms with E-state index in [0.29, 0.717) is 5.75 Å². The van der Waals surface area contributed by atoms with Crippen molar-refractivity contribution in [3.8, 4) is 16.3 Å². The van der Waals surface area contributed by atoms with Crippen molar-refractivity contribution >= 4 is 34.7 Å². The van der Waals surface area contributed by atoms with E-state index in [-0.39, 0.29) is 5.91 Å². The fourth-order valence-electron chi connectivity index (χ4n) is 3.43. The summed E-state index contributed by atoms with van der Waals surface area (Å²) in [6.07, 6.45) is 0. The summed E-state index contributed by atoms with van der Waals surface area (Å²) in [4.78, 5) is 21.6. The van der Waals surface area contributed by atoms with Gasteiger partial charge < -0.3 is 14.5 Å². The Morgan fingerprint density at radius 1 is 1.07 bits per heavy atom. The van der Waals surface area contributed by atoms with Crippen molar-refractivity contribution in [2.24, 2.45) is 0 Å². The maximum absolute atomic E-state index is 12.6. The predicted octanol–water partition coefficient (Wildman–Crippen LogP) is 4.40. The highest BCUT2D eigenvalue weighted by Gasteiger charge is 2.21. The van der Waals surface area contributed by atoms with Crippen LogP contribution in [0.3, 0.4) is 0 Å². The molecular formula is C23H25N3O2S2. The van der Waals surface area contributed by atoms with Crippen LogP contribution < -0.4 is 9.64 Å². The summed E-state index contributed by atoms with van der Waals surface area (Å²) in [5.74, 6) is 2.34. The van der Waals surface area contributed by atoms with Crippen molar-refractivity contribution in [2.45, 2.75) is 5.75 Å². The lowest BCUT2D eigenvalue weighted by Gasteiger charge is -2.36. The average molecular weight is 440 g/mol. The number of aromatic nitrogens is 1. The van der Waals surface area contributed by atoms with Crippen molar-refractivity contribution in [3.63, 3.8) is 0 Å². The van der Waals surface area contributed by atoms with E-state index >= 15 is 0 Å². The van der Waals surface area contributed by atoms with E-state index < -0.39 is 0 Å². The fraction of sp³-hybridized carbons (Fsp3) is 0.304. The standard InChI is InChI=1S/C23H25N3O2S2/c1-28-21-9-7-20(8-10-21)25-11-13-26(14-12-25)22(27)17-29-15-19-16-30-23(24-19)18-5-3-2-4-6-18/h2-10,16H,11-15,17H2,1H3. The van der Waals surface area contributed by atoms with Gasteiger partial charge in [0, 0.05) is 48.6 Å². The Labute approximate surface area is 185 Å². The number of piperazine rings is 1. The smallest absolute Gasteiger partial charge is 0.232 e. The maximum atomic E-state index is 12.6. The van der Waals surface area contributed by atoms with Crippen molar-refractivity contribution in [2.75, 3.05) is 43.9 Å². The summed E-state index contributed by atoms with van der Waals surface area (Å²) in [5.41, 5.74) is 3.36. The number of hydrogen-bond acceptors (Lipinski definition) is 6. The number of hydrogen-bond donors (Lipinski definition) is 0. The monoisotopic (exact) mass is 439 g/mol. The van der Waals surface area contributed by atoms with Gasteiger partial charge in [-0.3, -0.25) is 4.79 Å². The molecule has 0 spiro atoms. The zero-order chi connectivity index (χ0) is 20.8. The van der Waals surface area contributed by atoms with Gasteiger partial charge in [-0.15, -0.1) is 23.1 Å². The molecule has 4 rings (SSSR count). The highest BCUT2D eigenvalue weighted by molar-refractivity contribution is 7.99. The predicted molar refractivity (Wildman–Crippen MR) is 125 cm³/mol. The number of amides is 1. The quantitative estimate of drug-likeness (QED) is 0.546. The number of thioether (sulfide) groups is 1. The van der Waals surface area contributed by atoms with Crippen LogP contribution in [0.1, 0.15) is 5.69 Å². The van der Waals surface area contributed by atoms with Gasteiger partial charge in [-0.2, -0.15) is 0 Å². The molecule has 0 atom stereocenters. The van der Waals surface area contributed by atoms with Crippen molar-refractivity contribution < 1.29 is 9.53 Å². The number of benzene rings is 2. The summed E-state index contributed by atoms with van der Waals surface area (Å²) in [6.45, 7) is 3.24. The van der Waals surface area contributed by atoms with E-state index in [1.807, 2.05) is 35.2 Å². The summed E-state index contributed by atoms with van der Waals surface area (Å²) in [6, 6.07) is 18.3. The first-order valence-electron chi connectivity index (χ1n) is 9.97. The molecule has 7 heteroatoms. The normalized spacial score (nSPS) is 14.0. The van der Waals surface area contributed by atoms with E-state index in [9.17, 15) is 4.79 Å². The van der Waals surface area contributed by atoms with Gasteiger partial charge in [0.05, 0.1) is 18.6 Å². The number of rotatable bonds is 7. The zero-order valence-electron chi connectivity index (χ0n) is 17.0. The summed E-state index contributed by atoms with van der Waals surface area (Å²) in [7, 11) is 1.67. The number of nitrogens with zero attached hydrogens (tertiary/aromatic N) is 3. The van der Waals surface area contributed by atoms with Crippen molar-refractivity contribution in [1.82, 2.24) is 9.88 Å². The number of carbonyl (C=O) groups is 1. The molecule has 0 saturated carbocycles. The molecule has 1 fully saturated rings. The fourth-order valence-corrected chi connectivity index (χ4v) is 5.18. The topological polar surface area (TPSA) is 45.7 Å². The van der Waals surface area contributed by atoms with Crippen LogP contribution in [0.25, 0.3) is 10.6 Å². The Kier molecular flexibility index (Phi) is 6.92. The lowest BCUT2D eigenvalue weighted by atomic mass is 10.2. The van der Waals surface area contributed by atoms with E-state index in [4.69, 9.17) is 9.72 Å². The average Bonchev–Trinajstić information content (AvgIpc) is 3.29.